The molecule has 7 heteroatoms. The molecule has 1 aromatic heterocycles. The van der Waals surface area contributed by atoms with Crippen LogP contribution in [0.4, 0.5) is 4.79 Å². The SMILES string of the molecule is C[C@@H]1CCC[N+]1(C(=O)O)C(=O)CC(Br)C(=O)c1csc2ccccc12. The summed E-state index contributed by atoms with van der Waals surface area (Å²) in [7, 11) is 0. The third-order valence-electron chi connectivity index (χ3n) is 5.06. The molecule has 3 rings (SSSR count). The van der Waals surface area contributed by atoms with E-state index in [1.165, 1.54) is 11.3 Å². The van der Waals surface area contributed by atoms with Crippen LogP contribution < -0.4 is 0 Å². The predicted octanol–water partition coefficient (Wildman–Crippen LogP) is 4.44. The van der Waals surface area contributed by atoms with E-state index in [4.69, 9.17) is 0 Å². The van der Waals surface area contributed by atoms with Gasteiger partial charge in [-0.3, -0.25) is 4.79 Å². The third kappa shape index (κ3) is 3.05. The van der Waals surface area contributed by atoms with Crippen LogP contribution in [0.3, 0.4) is 0 Å². The molecule has 0 aliphatic carbocycles. The van der Waals surface area contributed by atoms with Gasteiger partial charge in [-0.25, -0.2) is 4.79 Å². The smallest absolute Gasteiger partial charge is 0.435 e. The number of carbonyl (C=O) groups excluding carboxylic acids is 2. The van der Waals surface area contributed by atoms with Gasteiger partial charge in [-0.15, -0.1) is 11.3 Å². The zero-order chi connectivity index (χ0) is 18.2. The first-order valence-electron chi connectivity index (χ1n) is 8.17. The highest BCUT2D eigenvalue weighted by Crippen LogP contribution is 2.32. The van der Waals surface area contributed by atoms with Crippen LogP contribution in [-0.2, 0) is 4.79 Å². The van der Waals surface area contributed by atoms with Crippen molar-refractivity contribution in [2.75, 3.05) is 6.54 Å². The number of ketones is 1. The van der Waals surface area contributed by atoms with Crippen LogP contribution in [-0.4, -0.2) is 44.8 Å². The Morgan fingerprint density at radius 3 is 2.72 bits per heavy atom. The fourth-order valence-electron chi connectivity index (χ4n) is 3.58. The number of fused-ring (bicyclic) bond motifs is 1. The van der Waals surface area contributed by atoms with Crippen LogP contribution in [0.25, 0.3) is 10.1 Å². The van der Waals surface area contributed by atoms with Gasteiger partial charge < -0.3 is 5.11 Å². The molecule has 2 amide bonds. The Morgan fingerprint density at radius 2 is 2.08 bits per heavy atom. The molecule has 0 spiro atoms. The summed E-state index contributed by atoms with van der Waals surface area (Å²) in [6.07, 6.45) is 0.159. The van der Waals surface area contributed by atoms with Gasteiger partial charge in [-0.05, 0) is 13.0 Å². The van der Waals surface area contributed by atoms with Crippen molar-refractivity contribution >= 4 is 55.1 Å². The van der Waals surface area contributed by atoms with Crippen molar-refractivity contribution in [2.45, 2.75) is 37.1 Å². The summed E-state index contributed by atoms with van der Waals surface area (Å²) in [6, 6.07) is 7.35. The van der Waals surface area contributed by atoms with E-state index in [-0.39, 0.29) is 18.2 Å². The molecule has 1 aliphatic rings. The van der Waals surface area contributed by atoms with Crippen molar-refractivity contribution in [1.82, 2.24) is 0 Å². The molecule has 1 N–H and O–H groups in total. The lowest BCUT2D eigenvalue weighted by Crippen LogP contribution is -2.59. The van der Waals surface area contributed by atoms with Gasteiger partial charge in [-0.1, -0.05) is 34.1 Å². The average molecular weight is 425 g/mol. The molecule has 5 nitrogen and oxygen atoms in total. The summed E-state index contributed by atoms with van der Waals surface area (Å²) in [5, 5.41) is 12.3. The quantitative estimate of drug-likeness (QED) is 0.447. The van der Waals surface area contributed by atoms with Crippen molar-refractivity contribution < 1.29 is 24.0 Å². The van der Waals surface area contributed by atoms with E-state index >= 15 is 0 Å². The lowest BCUT2D eigenvalue weighted by Gasteiger charge is -2.30. The molecule has 1 aromatic carbocycles. The lowest BCUT2D eigenvalue weighted by atomic mass is 10.0. The second kappa shape index (κ2) is 6.97. The standard InChI is InChI=1S/C18H18BrNO4S/c1-11-5-4-8-20(11,18(23)24)16(21)9-14(19)17(22)13-10-25-15-7-3-2-6-12(13)15/h2-3,6-7,10-11,14H,4-5,8-9H2,1H3/p+1/t11-,14?,20?/m1/s1. The number of quaternary nitrogens is 1. The Balaban J connectivity index is 1.81. The molecule has 2 aromatic rings. The van der Waals surface area contributed by atoms with Gasteiger partial charge in [0.25, 0.3) is 0 Å². The zero-order valence-electron chi connectivity index (χ0n) is 13.8. The molecule has 0 saturated carbocycles. The number of hydrogen-bond donors (Lipinski definition) is 1. The number of halogens is 1. The highest BCUT2D eigenvalue weighted by molar-refractivity contribution is 9.10. The fourth-order valence-corrected chi connectivity index (χ4v) is 5.06. The number of benzene rings is 1. The number of hydrogen-bond acceptors (Lipinski definition) is 4. The Bertz CT molecular complexity index is 848. The molecule has 2 unspecified atom stereocenters. The first-order chi connectivity index (χ1) is 11.9. The molecular formula is C18H19BrNO4S+. The van der Waals surface area contributed by atoms with E-state index in [0.717, 1.165) is 10.1 Å². The number of nitrogens with zero attached hydrogens (tertiary/aromatic N) is 1. The molecule has 0 radical (unpaired) electrons. The van der Waals surface area contributed by atoms with E-state index in [1.54, 1.807) is 12.3 Å². The minimum Gasteiger partial charge on any atom is -0.435 e. The minimum atomic E-state index is -1.12. The molecule has 0 bridgehead atoms. The molecule has 1 saturated heterocycles. The number of rotatable bonds is 4. The Morgan fingerprint density at radius 1 is 1.36 bits per heavy atom. The van der Waals surface area contributed by atoms with Crippen LogP contribution in [0.5, 0.6) is 0 Å². The largest absolute Gasteiger partial charge is 0.521 e. The summed E-state index contributed by atoms with van der Waals surface area (Å²) >= 11 is 4.81. The molecule has 1 aliphatic heterocycles. The summed E-state index contributed by atoms with van der Waals surface area (Å²) < 4.78 is 0.443. The van der Waals surface area contributed by atoms with Gasteiger partial charge in [0.05, 0.1) is 17.8 Å². The van der Waals surface area contributed by atoms with Crippen molar-refractivity contribution in [3.63, 3.8) is 0 Å². The summed E-state index contributed by atoms with van der Waals surface area (Å²) in [6.45, 7) is 2.08. The number of imide groups is 1. The first kappa shape index (κ1) is 18.2. The number of carboxylic acid groups (broad SMARTS) is 1. The zero-order valence-corrected chi connectivity index (χ0v) is 16.2. The maximum Gasteiger partial charge on any atom is 0.521 e. The van der Waals surface area contributed by atoms with Crippen LogP contribution in [0.1, 0.15) is 36.5 Å². The van der Waals surface area contributed by atoms with Crippen molar-refractivity contribution in [1.29, 1.82) is 0 Å². The second-order valence-corrected chi connectivity index (χ2v) is 8.46. The molecular weight excluding hydrogens is 406 g/mol. The maximum absolute atomic E-state index is 12.8. The fraction of sp³-hybridized carbons (Fsp3) is 0.389. The highest BCUT2D eigenvalue weighted by atomic mass is 79.9. The summed E-state index contributed by atoms with van der Waals surface area (Å²) in [5.41, 5.74) is 0.576. The van der Waals surface area contributed by atoms with Gasteiger partial charge in [0, 0.05) is 33.9 Å². The van der Waals surface area contributed by atoms with E-state index in [2.05, 4.69) is 15.9 Å². The van der Waals surface area contributed by atoms with Crippen molar-refractivity contribution in [3.05, 3.63) is 35.2 Å². The molecule has 132 valence electrons. The molecule has 25 heavy (non-hydrogen) atoms. The van der Waals surface area contributed by atoms with E-state index in [0.29, 0.717) is 24.9 Å². The van der Waals surface area contributed by atoms with Crippen molar-refractivity contribution in [3.8, 4) is 0 Å². The predicted molar refractivity (Wildman–Crippen MR) is 100 cm³/mol. The third-order valence-corrected chi connectivity index (χ3v) is 6.76. The van der Waals surface area contributed by atoms with Crippen LogP contribution in [0.15, 0.2) is 29.6 Å². The highest BCUT2D eigenvalue weighted by Gasteiger charge is 2.53. The van der Waals surface area contributed by atoms with Crippen LogP contribution in [0.2, 0.25) is 0 Å². The first-order valence-corrected chi connectivity index (χ1v) is 9.96. The average Bonchev–Trinajstić information content (AvgIpc) is 3.18. The van der Waals surface area contributed by atoms with Gasteiger partial charge in [0.2, 0.25) is 0 Å². The van der Waals surface area contributed by atoms with Crippen LogP contribution in [0, 0.1) is 0 Å². The molecule has 1 fully saturated rings. The number of alkyl halides is 1. The van der Waals surface area contributed by atoms with Gasteiger partial charge in [0.1, 0.15) is 6.04 Å². The Kier molecular flexibility index (Phi) is 5.09. The normalized spacial score (nSPS) is 24.3. The Labute approximate surface area is 158 Å². The molecule has 2 heterocycles. The second-order valence-electron chi connectivity index (χ2n) is 6.44. The van der Waals surface area contributed by atoms with Gasteiger partial charge in [-0.2, -0.15) is 9.28 Å². The lowest BCUT2D eigenvalue weighted by molar-refractivity contribution is -0.792. The summed E-state index contributed by atoms with van der Waals surface area (Å²) in [5.74, 6) is -0.589. The van der Waals surface area contributed by atoms with E-state index < -0.39 is 21.3 Å². The molecule has 3 atom stereocenters. The number of amides is 2. The maximum atomic E-state index is 12.8. The van der Waals surface area contributed by atoms with Crippen LogP contribution >= 0.6 is 27.3 Å². The summed E-state index contributed by atoms with van der Waals surface area (Å²) in [4.78, 5) is 36.6. The van der Waals surface area contributed by atoms with E-state index in [1.807, 2.05) is 24.3 Å². The van der Waals surface area contributed by atoms with Gasteiger partial charge in [0.15, 0.2) is 5.78 Å². The minimum absolute atomic E-state index is 0.125. The Hall–Kier alpha value is -1.57. The van der Waals surface area contributed by atoms with E-state index in [9.17, 15) is 19.5 Å². The van der Waals surface area contributed by atoms with Gasteiger partial charge >= 0.3 is 12.0 Å². The topological polar surface area (TPSA) is 71.4 Å². The number of likely N-dealkylation sites (tertiary alicyclic amines) is 1. The van der Waals surface area contributed by atoms with Crippen molar-refractivity contribution in [2.24, 2.45) is 0 Å². The number of thiophene rings is 1. The number of carbonyl (C=O) groups is 3. The number of Topliss-reactive ketones (excluding diaryl/α,β-unsaturated/α-hetero) is 1. The monoisotopic (exact) mass is 424 g/mol.